The molecular weight excluding hydrogens is 196 g/mol. The van der Waals surface area contributed by atoms with E-state index in [4.69, 9.17) is 10.5 Å². The fourth-order valence-corrected chi connectivity index (χ4v) is 2.44. The van der Waals surface area contributed by atoms with Crippen LogP contribution in [-0.4, -0.2) is 37.2 Å². The first kappa shape index (κ1) is 10.1. The number of hydrogen-bond acceptors (Lipinski definition) is 4. The van der Waals surface area contributed by atoms with Crippen molar-refractivity contribution in [2.24, 2.45) is 5.73 Å². The first-order valence-corrected chi connectivity index (χ1v) is 5.83. The average Bonchev–Trinajstić information content (AvgIpc) is 2.71. The first-order chi connectivity index (χ1) is 6.88. The molecule has 2 rings (SSSR count). The van der Waals surface area contributed by atoms with Crippen molar-refractivity contribution in [3.63, 3.8) is 0 Å². The van der Waals surface area contributed by atoms with Crippen molar-refractivity contribution in [1.82, 2.24) is 4.90 Å². The predicted octanol–water partition coefficient (Wildman–Crippen LogP) is 0.908. The zero-order valence-electron chi connectivity index (χ0n) is 8.19. The van der Waals surface area contributed by atoms with Gasteiger partial charge in [-0.05, 0) is 11.4 Å². The molecule has 2 N–H and O–H groups in total. The van der Waals surface area contributed by atoms with Gasteiger partial charge in [0.2, 0.25) is 0 Å². The molecule has 1 unspecified atom stereocenters. The number of ether oxygens (including phenoxy) is 1. The van der Waals surface area contributed by atoms with Crippen LogP contribution in [0.2, 0.25) is 0 Å². The fourth-order valence-electron chi connectivity index (χ4n) is 1.69. The lowest BCUT2D eigenvalue weighted by Gasteiger charge is -2.31. The molecule has 0 aliphatic carbocycles. The standard InChI is InChI=1S/C10H16N2OS/c11-6-9-7-12(3-4-13-9)8-10-2-1-5-14-10/h1-2,5,9H,3-4,6-8,11H2. The van der Waals surface area contributed by atoms with Crippen LogP contribution >= 0.6 is 11.3 Å². The van der Waals surface area contributed by atoms with E-state index < -0.39 is 0 Å². The third-order valence-corrected chi connectivity index (χ3v) is 3.31. The van der Waals surface area contributed by atoms with Crippen molar-refractivity contribution in [3.05, 3.63) is 22.4 Å². The highest BCUT2D eigenvalue weighted by molar-refractivity contribution is 7.09. The van der Waals surface area contributed by atoms with E-state index in [2.05, 4.69) is 22.4 Å². The van der Waals surface area contributed by atoms with Crippen LogP contribution in [0, 0.1) is 0 Å². The molecule has 4 heteroatoms. The van der Waals surface area contributed by atoms with Crippen molar-refractivity contribution in [2.75, 3.05) is 26.2 Å². The summed E-state index contributed by atoms with van der Waals surface area (Å²) in [6.45, 7) is 4.47. The highest BCUT2D eigenvalue weighted by atomic mass is 32.1. The highest BCUT2D eigenvalue weighted by Gasteiger charge is 2.19. The second-order valence-corrected chi connectivity index (χ2v) is 4.58. The third kappa shape index (κ3) is 2.54. The molecule has 1 atom stereocenters. The van der Waals surface area contributed by atoms with Gasteiger partial charge < -0.3 is 10.5 Å². The summed E-state index contributed by atoms with van der Waals surface area (Å²) in [4.78, 5) is 3.83. The van der Waals surface area contributed by atoms with Crippen LogP contribution in [0.3, 0.4) is 0 Å². The maximum atomic E-state index is 5.59. The molecule has 0 spiro atoms. The summed E-state index contributed by atoms with van der Waals surface area (Å²) in [5, 5.41) is 2.12. The summed E-state index contributed by atoms with van der Waals surface area (Å²) in [6.07, 6.45) is 0.226. The van der Waals surface area contributed by atoms with E-state index in [1.165, 1.54) is 4.88 Å². The number of thiophene rings is 1. The van der Waals surface area contributed by atoms with E-state index >= 15 is 0 Å². The number of rotatable bonds is 3. The van der Waals surface area contributed by atoms with Crippen LogP contribution in [0.1, 0.15) is 4.88 Å². The Bertz CT molecular complexity index is 263. The lowest BCUT2D eigenvalue weighted by atomic mass is 10.2. The summed E-state index contributed by atoms with van der Waals surface area (Å²) in [5.74, 6) is 0. The van der Waals surface area contributed by atoms with E-state index in [1.54, 1.807) is 0 Å². The third-order valence-electron chi connectivity index (χ3n) is 2.45. The summed E-state index contributed by atoms with van der Waals surface area (Å²) in [7, 11) is 0. The Morgan fingerprint density at radius 1 is 1.64 bits per heavy atom. The molecule has 1 aliphatic heterocycles. The highest BCUT2D eigenvalue weighted by Crippen LogP contribution is 2.14. The SMILES string of the molecule is NCC1CN(Cc2cccs2)CCO1. The molecule has 0 aromatic carbocycles. The monoisotopic (exact) mass is 212 g/mol. The summed E-state index contributed by atoms with van der Waals surface area (Å²) < 4.78 is 5.51. The van der Waals surface area contributed by atoms with Gasteiger partial charge in [-0.25, -0.2) is 0 Å². The smallest absolute Gasteiger partial charge is 0.0824 e. The molecule has 1 saturated heterocycles. The van der Waals surface area contributed by atoms with E-state index in [9.17, 15) is 0 Å². The Balaban J connectivity index is 1.86. The molecule has 0 amide bonds. The minimum Gasteiger partial charge on any atom is -0.374 e. The lowest BCUT2D eigenvalue weighted by Crippen LogP contribution is -2.44. The van der Waals surface area contributed by atoms with Gasteiger partial charge in [0.05, 0.1) is 12.7 Å². The molecule has 1 aliphatic rings. The summed E-state index contributed by atoms with van der Waals surface area (Å²) in [6, 6.07) is 4.28. The summed E-state index contributed by atoms with van der Waals surface area (Å²) in [5.41, 5.74) is 5.59. The lowest BCUT2D eigenvalue weighted by molar-refractivity contribution is -0.0257. The quantitative estimate of drug-likeness (QED) is 0.809. The molecule has 1 aromatic heterocycles. The number of hydrogen-bond donors (Lipinski definition) is 1. The van der Waals surface area contributed by atoms with Gasteiger partial charge >= 0.3 is 0 Å². The molecule has 3 nitrogen and oxygen atoms in total. The van der Waals surface area contributed by atoms with Gasteiger partial charge in [-0.3, -0.25) is 4.90 Å². The van der Waals surface area contributed by atoms with Crippen LogP contribution < -0.4 is 5.73 Å². The Morgan fingerprint density at radius 2 is 2.57 bits per heavy atom. The zero-order chi connectivity index (χ0) is 9.80. The van der Waals surface area contributed by atoms with Crippen LogP contribution in [0.25, 0.3) is 0 Å². The van der Waals surface area contributed by atoms with Gasteiger partial charge in [-0.1, -0.05) is 6.07 Å². The second-order valence-electron chi connectivity index (χ2n) is 3.54. The predicted molar refractivity (Wildman–Crippen MR) is 58.4 cm³/mol. The molecule has 1 fully saturated rings. The molecular formula is C10H16N2OS. The van der Waals surface area contributed by atoms with Crippen molar-refractivity contribution < 1.29 is 4.74 Å². The fraction of sp³-hybridized carbons (Fsp3) is 0.600. The summed E-state index contributed by atoms with van der Waals surface area (Å²) >= 11 is 1.81. The van der Waals surface area contributed by atoms with Crippen molar-refractivity contribution in [2.45, 2.75) is 12.6 Å². The Labute approximate surface area is 88.5 Å². The van der Waals surface area contributed by atoms with Gasteiger partial charge in [0, 0.05) is 31.1 Å². The normalized spacial score (nSPS) is 23.9. The topological polar surface area (TPSA) is 38.5 Å². The Hall–Kier alpha value is -0.420. The van der Waals surface area contributed by atoms with Gasteiger partial charge in [0.15, 0.2) is 0 Å². The van der Waals surface area contributed by atoms with Gasteiger partial charge in [-0.2, -0.15) is 0 Å². The Kier molecular flexibility index (Phi) is 3.53. The second kappa shape index (κ2) is 4.89. The van der Waals surface area contributed by atoms with Crippen molar-refractivity contribution in [1.29, 1.82) is 0 Å². The van der Waals surface area contributed by atoms with Crippen LogP contribution in [0.5, 0.6) is 0 Å². The van der Waals surface area contributed by atoms with Crippen molar-refractivity contribution in [3.8, 4) is 0 Å². The molecule has 1 aromatic rings. The maximum Gasteiger partial charge on any atom is 0.0824 e. The molecule has 2 heterocycles. The number of nitrogens with zero attached hydrogens (tertiary/aromatic N) is 1. The minimum atomic E-state index is 0.226. The van der Waals surface area contributed by atoms with E-state index in [0.717, 1.165) is 26.2 Å². The van der Waals surface area contributed by atoms with Crippen LogP contribution in [0.15, 0.2) is 17.5 Å². The molecule has 0 radical (unpaired) electrons. The van der Waals surface area contributed by atoms with E-state index in [0.29, 0.717) is 6.54 Å². The van der Waals surface area contributed by atoms with Crippen LogP contribution in [-0.2, 0) is 11.3 Å². The van der Waals surface area contributed by atoms with E-state index in [-0.39, 0.29) is 6.10 Å². The van der Waals surface area contributed by atoms with Crippen molar-refractivity contribution >= 4 is 11.3 Å². The van der Waals surface area contributed by atoms with Gasteiger partial charge in [-0.15, -0.1) is 11.3 Å². The average molecular weight is 212 g/mol. The van der Waals surface area contributed by atoms with E-state index in [1.807, 2.05) is 11.3 Å². The van der Waals surface area contributed by atoms with Gasteiger partial charge in [0.25, 0.3) is 0 Å². The molecule has 78 valence electrons. The minimum absolute atomic E-state index is 0.226. The number of nitrogens with two attached hydrogens (primary N) is 1. The maximum absolute atomic E-state index is 5.59. The molecule has 14 heavy (non-hydrogen) atoms. The molecule has 0 saturated carbocycles. The first-order valence-electron chi connectivity index (χ1n) is 4.95. The largest absolute Gasteiger partial charge is 0.374 e. The molecule has 0 bridgehead atoms. The zero-order valence-corrected chi connectivity index (χ0v) is 9.00. The number of morpholine rings is 1. The van der Waals surface area contributed by atoms with Crippen LogP contribution in [0.4, 0.5) is 0 Å². The van der Waals surface area contributed by atoms with Gasteiger partial charge in [0.1, 0.15) is 0 Å². The Morgan fingerprint density at radius 3 is 3.29 bits per heavy atom.